The summed E-state index contributed by atoms with van der Waals surface area (Å²) in [6.07, 6.45) is -0.276. The molecule has 0 spiro atoms. The second-order valence-corrected chi connectivity index (χ2v) is 4.50. The smallest absolute Gasteiger partial charge is 0.239 e. The van der Waals surface area contributed by atoms with E-state index in [1.165, 1.54) is 0 Å². The Kier molecular flexibility index (Phi) is 9.73. The highest BCUT2D eigenvalue weighted by Gasteiger charge is 2.12. The maximum Gasteiger partial charge on any atom is 0.239 e. The van der Waals surface area contributed by atoms with Crippen LogP contribution < -0.4 is 16.4 Å². The molecule has 0 saturated carbocycles. The molecule has 0 aliphatic heterocycles. The summed E-state index contributed by atoms with van der Waals surface area (Å²) >= 11 is 5.81. The van der Waals surface area contributed by atoms with Gasteiger partial charge in [-0.1, -0.05) is 23.7 Å². The molecule has 0 heterocycles. The van der Waals surface area contributed by atoms with Crippen LogP contribution in [0.1, 0.15) is 11.7 Å². The second kappa shape index (κ2) is 10.4. The van der Waals surface area contributed by atoms with Crippen molar-refractivity contribution in [2.75, 3.05) is 26.7 Å². The van der Waals surface area contributed by atoms with Gasteiger partial charge in [-0.25, -0.2) is 0 Å². The Morgan fingerprint density at radius 2 is 1.86 bits per heavy atom. The number of rotatable bonds is 7. The van der Waals surface area contributed by atoms with Gasteiger partial charge in [0.15, 0.2) is 0 Å². The molecule has 21 heavy (non-hydrogen) atoms. The van der Waals surface area contributed by atoms with Crippen molar-refractivity contribution >= 4 is 35.8 Å². The molecule has 0 fully saturated rings. The minimum Gasteiger partial charge on any atom is -0.375 e. The summed E-state index contributed by atoms with van der Waals surface area (Å²) in [4.78, 5) is 22.4. The number of halogens is 2. The average molecular weight is 336 g/mol. The number of hydrogen-bond donors (Lipinski definition) is 3. The number of nitrogens with two attached hydrogens (primary N) is 1. The lowest BCUT2D eigenvalue weighted by Gasteiger charge is -2.16. The van der Waals surface area contributed by atoms with Crippen LogP contribution in [0.3, 0.4) is 0 Å². The van der Waals surface area contributed by atoms with Gasteiger partial charge in [0.25, 0.3) is 0 Å². The van der Waals surface area contributed by atoms with Crippen molar-refractivity contribution in [3.05, 3.63) is 34.9 Å². The summed E-state index contributed by atoms with van der Waals surface area (Å²) in [6, 6.07) is 7.18. The SMILES string of the molecule is COC(CNC(=O)CNC(=O)CN)c1ccc(Cl)cc1.Cl. The monoisotopic (exact) mass is 335 g/mol. The molecule has 1 unspecified atom stereocenters. The molecule has 4 N–H and O–H groups in total. The van der Waals surface area contributed by atoms with Crippen molar-refractivity contribution in [3.63, 3.8) is 0 Å². The van der Waals surface area contributed by atoms with E-state index >= 15 is 0 Å². The third kappa shape index (κ3) is 7.29. The van der Waals surface area contributed by atoms with Gasteiger partial charge >= 0.3 is 0 Å². The maximum absolute atomic E-state index is 11.5. The lowest BCUT2D eigenvalue weighted by molar-refractivity contribution is -0.125. The quantitative estimate of drug-likeness (QED) is 0.681. The zero-order chi connectivity index (χ0) is 15.0. The fourth-order valence-electron chi connectivity index (χ4n) is 1.53. The number of benzene rings is 1. The van der Waals surface area contributed by atoms with Gasteiger partial charge in [0.2, 0.25) is 11.8 Å². The highest BCUT2D eigenvalue weighted by Crippen LogP contribution is 2.18. The van der Waals surface area contributed by atoms with E-state index in [-0.39, 0.29) is 43.4 Å². The van der Waals surface area contributed by atoms with Crippen molar-refractivity contribution in [2.45, 2.75) is 6.10 Å². The Labute approximate surface area is 134 Å². The van der Waals surface area contributed by atoms with Crippen LogP contribution in [0.2, 0.25) is 5.02 Å². The lowest BCUT2D eigenvalue weighted by Crippen LogP contribution is -2.40. The van der Waals surface area contributed by atoms with Gasteiger partial charge in [-0.2, -0.15) is 0 Å². The first-order chi connectivity index (χ1) is 9.56. The third-order valence-electron chi connectivity index (χ3n) is 2.64. The van der Waals surface area contributed by atoms with Crippen LogP contribution in [0.4, 0.5) is 0 Å². The third-order valence-corrected chi connectivity index (χ3v) is 2.89. The number of hydrogen-bond acceptors (Lipinski definition) is 4. The summed E-state index contributed by atoms with van der Waals surface area (Å²) in [5.41, 5.74) is 6.02. The van der Waals surface area contributed by atoms with E-state index in [1.54, 1.807) is 19.2 Å². The van der Waals surface area contributed by atoms with E-state index in [1.807, 2.05) is 12.1 Å². The van der Waals surface area contributed by atoms with Gasteiger partial charge in [-0.3, -0.25) is 9.59 Å². The molecule has 2 amide bonds. The van der Waals surface area contributed by atoms with E-state index < -0.39 is 0 Å². The van der Waals surface area contributed by atoms with E-state index in [0.29, 0.717) is 11.6 Å². The van der Waals surface area contributed by atoms with Gasteiger partial charge in [-0.15, -0.1) is 12.4 Å². The molecular weight excluding hydrogens is 317 g/mol. The largest absolute Gasteiger partial charge is 0.375 e. The molecule has 0 aliphatic carbocycles. The standard InChI is InChI=1S/C13H18ClN3O3.ClH/c1-20-11(9-2-4-10(14)5-3-9)7-16-13(19)8-17-12(18)6-15;/h2-5,11H,6-8,15H2,1H3,(H,16,19)(H,17,18);1H. The van der Waals surface area contributed by atoms with Gasteiger partial charge in [0, 0.05) is 18.7 Å². The molecule has 0 aromatic heterocycles. The van der Waals surface area contributed by atoms with Gasteiger partial charge < -0.3 is 21.1 Å². The van der Waals surface area contributed by atoms with Crippen LogP contribution >= 0.6 is 24.0 Å². The van der Waals surface area contributed by atoms with Crippen molar-refractivity contribution in [3.8, 4) is 0 Å². The Balaban J connectivity index is 0.00000400. The summed E-state index contributed by atoms with van der Waals surface area (Å²) < 4.78 is 5.31. The molecule has 6 nitrogen and oxygen atoms in total. The molecule has 1 aromatic rings. The van der Waals surface area contributed by atoms with Crippen LogP contribution in [0.5, 0.6) is 0 Å². The van der Waals surface area contributed by atoms with Crippen LogP contribution in [-0.4, -0.2) is 38.6 Å². The zero-order valence-electron chi connectivity index (χ0n) is 11.6. The molecule has 1 rings (SSSR count). The summed E-state index contributed by atoms with van der Waals surface area (Å²) in [6.45, 7) is 0.0568. The zero-order valence-corrected chi connectivity index (χ0v) is 13.2. The Morgan fingerprint density at radius 1 is 1.24 bits per heavy atom. The molecule has 1 atom stereocenters. The molecule has 118 valence electrons. The predicted octanol–water partition coefficient (Wildman–Crippen LogP) is 0.640. The first kappa shape index (κ1) is 19.7. The van der Waals surface area contributed by atoms with Crippen molar-refractivity contribution in [1.29, 1.82) is 0 Å². The lowest BCUT2D eigenvalue weighted by atomic mass is 10.1. The molecule has 0 radical (unpaired) electrons. The Hall–Kier alpha value is -1.34. The van der Waals surface area contributed by atoms with Crippen molar-refractivity contribution < 1.29 is 14.3 Å². The van der Waals surface area contributed by atoms with Crippen molar-refractivity contribution in [1.82, 2.24) is 10.6 Å². The number of amides is 2. The Bertz CT molecular complexity index is 454. The highest BCUT2D eigenvalue weighted by atomic mass is 35.5. The highest BCUT2D eigenvalue weighted by molar-refractivity contribution is 6.30. The van der Waals surface area contributed by atoms with E-state index in [4.69, 9.17) is 22.1 Å². The summed E-state index contributed by atoms with van der Waals surface area (Å²) in [5.74, 6) is -0.677. The van der Waals surface area contributed by atoms with Gasteiger partial charge in [0.1, 0.15) is 0 Å². The molecule has 1 aromatic carbocycles. The fourth-order valence-corrected chi connectivity index (χ4v) is 1.66. The minimum atomic E-state index is -0.374. The number of nitrogens with one attached hydrogen (secondary N) is 2. The first-order valence-electron chi connectivity index (χ1n) is 6.08. The molecule has 0 saturated heterocycles. The number of ether oxygens (including phenoxy) is 1. The number of methoxy groups -OCH3 is 1. The first-order valence-corrected chi connectivity index (χ1v) is 6.46. The molecule has 0 bridgehead atoms. The van der Waals surface area contributed by atoms with E-state index in [2.05, 4.69) is 10.6 Å². The van der Waals surface area contributed by atoms with Crippen LogP contribution in [-0.2, 0) is 14.3 Å². The number of carbonyl (C=O) groups is 2. The van der Waals surface area contributed by atoms with Crippen molar-refractivity contribution in [2.24, 2.45) is 5.73 Å². The summed E-state index contributed by atoms with van der Waals surface area (Å²) in [5, 5.41) is 5.70. The molecule has 0 aliphatic rings. The van der Waals surface area contributed by atoms with E-state index in [9.17, 15) is 9.59 Å². The Morgan fingerprint density at radius 3 is 2.38 bits per heavy atom. The van der Waals surface area contributed by atoms with Gasteiger partial charge in [0.05, 0.1) is 19.2 Å². The minimum absolute atomic E-state index is 0. The number of carbonyl (C=O) groups excluding carboxylic acids is 2. The van der Waals surface area contributed by atoms with Crippen LogP contribution in [0.15, 0.2) is 24.3 Å². The van der Waals surface area contributed by atoms with Crippen LogP contribution in [0.25, 0.3) is 0 Å². The summed E-state index contributed by atoms with van der Waals surface area (Å²) in [7, 11) is 1.56. The fraction of sp³-hybridized carbons (Fsp3) is 0.385. The normalized spacial score (nSPS) is 11.2. The molecular formula is C13H19Cl2N3O3. The van der Waals surface area contributed by atoms with E-state index in [0.717, 1.165) is 5.56 Å². The second-order valence-electron chi connectivity index (χ2n) is 4.06. The predicted molar refractivity (Wildman–Crippen MR) is 83.5 cm³/mol. The van der Waals surface area contributed by atoms with Crippen LogP contribution in [0, 0.1) is 0 Å². The molecule has 8 heteroatoms. The average Bonchev–Trinajstić information content (AvgIpc) is 2.47. The van der Waals surface area contributed by atoms with Gasteiger partial charge in [-0.05, 0) is 17.7 Å². The maximum atomic E-state index is 11.5. The topological polar surface area (TPSA) is 93.5 Å².